The number of thiazole rings is 1. The lowest BCUT2D eigenvalue weighted by molar-refractivity contribution is 0.0780. The Hall–Kier alpha value is -1.98. The predicted octanol–water partition coefficient (Wildman–Crippen LogP) is 4.14. The number of hydrogen-bond donors (Lipinski definition) is 0. The number of carbonyl (C=O) groups excluding carboxylic acids is 1. The summed E-state index contributed by atoms with van der Waals surface area (Å²) >= 11 is 3.14. The van der Waals surface area contributed by atoms with Gasteiger partial charge in [0.25, 0.3) is 5.91 Å². The number of hydrogen-bond acceptors (Lipinski definition) is 4. The molecular formula is C16H14N2OS2. The van der Waals surface area contributed by atoms with Gasteiger partial charge in [0, 0.05) is 29.9 Å². The van der Waals surface area contributed by atoms with Gasteiger partial charge in [-0.3, -0.25) is 4.79 Å². The van der Waals surface area contributed by atoms with Crippen LogP contribution in [0.3, 0.4) is 0 Å². The summed E-state index contributed by atoms with van der Waals surface area (Å²) in [5.41, 5.74) is 2.70. The zero-order valence-corrected chi connectivity index (χ0v) is 13.2. The van der Waals surface area contributed by atoms with Crippen LogP contribution in [-0.4, -0.2) is 22.8 Å². The van der Waals surface area contributed by atoms with Gasteiger partial charge in [0.15, 0.2) is 0 Å². The molecule has 5 heteroatoms. The summed E-state index contributed by atoms with van der Waals surface area (Å²) in [5.74, 6) is -0.0448. The molecule has 1 amide bonds. The van der Waals surface area contributed by atoms with Crippen LogP contribution in [0.2, 0.25) is 0 Å². The van der Waals surface area contributed by atoms with Crippen molar-refractivity contribution in [2.24, 2.45) is 0 Å². The molecule has 0 atom stereocenters. The average molecular weight is 314 g/mol. The molecule has 0 aliphatic heterocycles. The lowest BCUT2D eigenvalue weighted by Crippen LogP contribution is -2.26. The molecule has 0 N–H and O–H groups in total. The van der Waals surface area contributed by atoms with Gasteiger partial charge in [-0.1, -0.05) is 30.3 Å². The van der Waals surface area contributed by atoms with Gasteiger partial charge in [0.2, 0.25) is 0 Å². The largest absolute Gasteiger partial charge is 0.336 e. The van der Waals surface area contributed by atoms with Crippen LogP contribution in [0.25, 0.3) is 10.6 Å². The summed E-state index contributed by atoms with van der Waals surface area (Å²) in [5, 5.41) is 6.78. The van der Waals surface area contributed by atoms with Crippen LogP contribution in [0.1, 0.15) is 16.1 Å². The molecule has 0 fully saturated rings. The third-order valence-electron chi connectivity index (χ3n) is 3.10. The maximum atomic E-state index is 12.4. The highest BCUT2D eigenvalue weighted by atomic mass is 32.1. The second-order valence-corrected chi connectivity index (χ2v) is 6.33. The lowest BCUT2D eigenvalue weighted by Gasteiger charge is -2.15. The van der Waals surface area contributed by atoms with Crippen molar-refractivity contribution < 1.29 is 4.79 Å². The number of rotatable bonds is 4. The Morgan fingerprint density at radius 2 is 2.00 bits per heavy atom. The Bertz CT molecular complexity index is 720. The van der Waals surface area contributed by atoms with Gasteiger partial charge in [-0.05, 0) is 17.0 Å². The SMILES string of the molecule is CN(Cc1ccccc1)C(=O)c1csc(-c2ccsc2)n1. The summed E-state index contributed by atoms with van der Waals surface area (Å²) in [4.78, 5) is 18.6. The fourth-order valence-corrected chi connectivity index (χ4v) is 3.52. The number of amides is 1. The number of aromatic nitrogens is 1. The van der Waals surface area contributed by atoms with E-state index in [2.05, 4.69) is 4.98 Å². The average Bonchev–Trinajstić information content (AvgIpc) is 3.18. The van der Waals surface area contributed by atoms with Gasteiger partial charge < -0.3 is 4.90 Å². The summed E-state index contributed by atoms with van der Waals surface area (Å²) in [6.07, 6.45) is 0. The molecule has 0 unspecified atom stereocenters. The van der Waals surface area contributed by atoms with Crippen molar-refractivity contribution in [1.29, 1.82) is 0 Å². The van der Waals surface area contributed by atoms with Crippen molar-refractivity contribution in [1.82, 2.24) is 9.88 Å². The zero-order valence-electron chi connectivity index (χ0n) is 11.5. The maximum Gasteiger partial charge on any atom is 0.273 e. The first-order valence-corrected chi connectivity index (χ1v) is 8.34. The first-order chi connectivity index (χ1) is 10.2. The van der Waals surface area contributed by atoms with E-state index in [1.54, 1.807) is 23.3 Å². The molecule has 2 heterocycles. The number of benzene rings is 1. The molecular weight excluding hydrogens is 300 g/mol. The molecule has 106 valence electrons. The van der Waals surface area contributed by atoms with Crippen LogP contribution in [-0.2, 0) is 6.54 Å². The molecule has 3 aromatic rings. The minimum atomic E-state index is -0.0448. The minimum Gasteiger partial charge on any atom is -0.336 e. The smallest absolute Gasteiger partial charge is 0.273 e. The van der Waals surface area contributed by atoms with Crippen LogP contribution in [0.4, 0.5) is 0 Å². The Morgan fingerprint density at radius 1 is 1.19 bits per heavy atom. The number of carbonyl (C=O) groups is 1. The summed E-state index contributed by atoms with van der Waals surface area (Å²) in [7, 11) is 1.80. The van der Waals surface area contributed by atoms with E-state index in [-0.39, 0.29) is 5.91 Å². The fourth-order valence-electron chi connectivity index (χ4n) is 2.02. The highest BCUT2D eigenvalue weighted by Crippen LogP contribution is 2.26. The molecule has 0 saturated carbocycles. The Morgan fingerprint density at radius 3 is 2.71 bits per heavy atom. The summed E-state index contributed by atoms with van der Waals surface area (Å²) in [6, 6.07) is 12.0. The van der Waals surface area contributed by atoms with Crippen LogP contribution in [0, 0.1) is 0 Å². The minimum absolute atomic E-state index is 0.0448. The van der Waals surface area contributed by atoms with Crippen molar-refractivity contribution in [2.45, 2.75) is 6.54 Å². The first kappa shape index (κ1) is 14.0. The van der Waals surface area contributed by atoms with Crippen molar-refractivity contribution in [3.63, 3.8) is 0 Å². The summed E-state index contributed by atoms with van der Waals surface area (Å²) in [6.45, 7) is 0.588. The van der Waals surface area contributed by atoms with Crippen molar-refractivity contribution in [3.05, 3.63) is 63.8 Å². The second kappa shape index (κ2) is 6.20. The predicted molar refractivity (Wildman–Crippen MR) is 87.7 cm³/mol. The Balaban J connectivity index is 1.73. The topological polar surface area (TPSA) is 33.2 Å². The van der Waals surface area contributed by atoms with Gasteiger partial charge >= 0.3 is 0 Å². The third-order valence-corrected chi connectivity index (χ3v) is 4.68. The quantitative estimate of drug-likeness (QED) is 0.725. The Kier molecular flexibility index (Phi) is 4.13. The maximum absolute atomic E-state index is 12.4. The molecule has 0 saturated heterocycles. The highest BCUT2D eigenvalue weighted by Gasteiger charge is 2.16. The van der Waals surface area contributed by atoms with E-state index in [0.717, 1.165) is 16.1 Å². The molecule has 0 radical (unpaired) electrons. The number of thiophene rings is 1. The van der Waals surface area contributed by atoms with E-state index in [9.17, 15) is 4.79 Å². The molecule has 0 aliphatic carbocycles. The molecule has 3 rings (SSSR count). The zero-order chi connectivity index (χ0) is 14.7. The molecule has 3 nitrogen and oxygen atoms in total. The monoisotopic (exact) mass is 314 g/mol. The molecule has 1 aromatic carbocycles. The number of nitrogens with zero attached hydrogens (tertiary/aromatic N) is 2. The van der Waals surface area contributed by atoms with Crippen molar-refractivity contribution in [3.8, 4) is 10.6 Å². The van der Waals surface area contributed by atoms with Crippen LogP contribution in [0.15, 0.2) is 52.5 Å². The Labute approximate surface area is 131 Å². The van der Waals surface area contributed by atoms with E-state index < -0.39 is 0 Å². The normalized spacial score (nSPS) is 10.5. The van der Waals surface area contributed by atoms with Gasteiger partial charge in [0.1, 0.15) is 10.7 Å². The van der Waals surface area contributed by atoms with E-state index >= 15 is 0 Å². The molecule has 0 aliphatic rings. The van der Waals surface area contributed by atoms with Crippen molar-refractivity contribution in [2.75, 3.05) is 7.05 Å². The van der Waals surface area contributed by atoms with Crippen molar-refractivity contribution >= 4 is 28.6 Å². The highest BCUT2D eigenvalue weighted by molar-refractivity contribution is 7.14. The lowest BCUT2D eigenvalue weighted by atomic mass is 10.2. The van der Waals surface area contributed by atoms with E-state index in [4.69, 9.17) is 0 Å². The first-order valence-electron chi connectivity index (χ1n) is 6.51. The molecule has 0 bridgehead atoms. The van der Waals surface area contributed by atoms with Gasteiger partial charge in [-0.25, -0.2) is 4.98 Å². The van der Waals surface area contributed by atoms with Crippen LogP contribution < -0.4 is 0 Å². The second-order valence-electron chi connectivity index (χ2n) is 4.70. The molecule has 2 aromatic heterocycles. The molecule has 21 heavy (non-hydrogen) atoms. The third kappa shape index (κ3) is 3.20. The van der Waals surface area contributed by atoms with Gasteiger partial charge in [-0.2, -0.15) is 11.3 Å². The molecule has 0 spiro atoms. The van der Waals surface area contributed by atoms with Gasteiger partial charge in [-0.15, -0.1) is 11.3 Å². The van der Waals surface area contributed by atoms with Gasteiger partial charge in [0.05, 0.1) is 0 Å². The van der Waals surface area contributed by atoms with Crippen LogP contribution in [0.5, 0.6) is 0 Å². The van der Waals surface area contributed by atoms with E-state index in [1.165, 1.54) is 11.3 Å². The van der Waals surface area contributed by atoms with Crippen LogP contribution >= 0.6 is 22.7 Å². The summed E-state index contributed by atoms with van der Waals surface area (Å²) < 4.78 is 0. The van der Waals surface area contributed by atoms with E-state index in [0.29, 0.717) is 12.2 Å². The standard InChI is InChI=1S/C16H14N2OS2/c1-18(9-12-5-3-2-4-6-12)16(19)14-11-21-15(17-14)13-7-8-20-10-13/h2-8,10-11H,9H2,1H3. The fraction of sp³-hybridized carbons (Fsp3) is 0.125. The van der Waals surface area contributed by atoms with E-state index in [1.807, 2.05) is 52.5 Å².